The molecule has 0 bridgehead atoms. The number of rotatable bonds is 14. The van der Waals surface area contributed by atoms with Gasteiger partial charge in [0.2, 0.25) is 0 Å². The maximum atomic E-state index is 13.3. The number of nitrogens with zero attached hydrogens (tertiary/aromatic N) is 2. The number of ether oxygens (including phenoxy) is 6. The van der Waals surface area contributed by atoms with Crippen molar-refractivity contribution >= 4 is 47.2 Å². The molecule has 0 aliphatic rings. The number of para-hydroxylation sites is 1. The molecule has 14 heteroatoms. The summed E-state index contributed by atoms with van der Waals surface area (Å²) >= 11 is 6.30. The number of carbonyl (C=O) groups excluding carboxylic acids is 2. The van der Waals surface area contributed by atoms with Gasteiger partial charge in [-0.2, -0.15) is 10.2 Å². The number of halogens is 1. The van der Waals surface area contributed by atoms with E-state index in [1.54, 1.807) is 60.7 Å². The molecule has 0 spiro atoms. The van der Waals surface area contributed by atoms with E-state index in [0.29, 0.717) is 62.0 Å². The molecule has 3 N–H and O–H groups in total. The summed E-state index contributed by atoms with van der Waals surface area (Å²) in [6.45, 7) is 0. The van der Waals surface area contributed by atoms with Crippen molar-refractivity contribution in [2.75, 3.05) is 48.0 Å². The first-order valence-corrected chi connectivity index (χ1v) is 14.6. The number of amides is 2. The Morgan fingerprint density at radius 3 is 1.46 bits per heavy atom. The third-order valence-corrected chi connectivity index (χ3v) is 7.13. The molecule has 0 radical (unpaired) electrons. The van der Waals surface area contributed by atoms with Gasteiger partial charge in [0.05, 0.1) is 88.7 Å². The standard InChI is InChI=1S/C34H34ClN5O8/c1-43-21-14-29(45-3)25(30(15-21)46-4)18-36-39-33(41)23-9-7-8-10-27(23)38-28-13-20(35)11-12-24(28)34(42)40-37-19-26-31(47-5)16-22(44-2)17-32(26)48-6/h7-19,38H,1-6H3,(H,39,41)(H,40,42)/b36-18+,37-19+. The Bertz CT molecular complexity index is 1800. The topological polar surface area (TPSA) is 150 Å². The zero-order valence-corrected chi connectivity index (χ0v) is 27.8. The monoisotopic (exact) mass is 675 g/mol. The van der Waals surface area contributed by atoms with Crippen LogP contribution in [0.1, 0.15) is 31.8 Å². The van der Waals surface area contributed by atoms with Crippen LogP contribution in [0.15, 0.2) is 76.9 Å². The highest BCUT2D eigenvalue weighted by Gasteiger charge is 2.17. The molecule has 48 heavy (non-hydrogen) atoms. The highest BCUT2D eigenvalue weighted by Crippen LogP contribution is 2.34. The third kappa shape index (κ3) is 8.25. The van der Waals surface area contributed by atoms with Crippen LogP contribution in [0.5, 0.6) is 34.5 Å². The summed E-state index contributed by atoms with van der Waals surface area (Å²) in [5, 5.41) is 11.7. The number of benzene rings is 4. The van der Waals surface area contributed by atoms with E-state index < -0.39 is 11.8 Å². The molecule has 13 nitrogen and oxygen atoms in total. The molecule has 0 aromatic heterocycles. The normalized spacial score (nSPS) is 10.8. The van der Waals surface area contributed by atoms with Crippen molar-refractivity contribution in [3.05, 3.63) is 94.0 Å². The van der Waals surface area contributed by atoms with E-state index in [2.05, 4.69) is 26.4 Å². The number of carbonyl (C=O) groups is 2. The summed E-state index contributed by atoms with van der Waals surface area (Å²) in [7, 11) is 9.04. The van der Waals surface area contributed by atoms with E-state index in [1.165, 1.54) is 61.2 Å². The lowest BCUT2D eigenvalue weighted by Crippen LogP contribution is -2.21. The van der Waals surface area contributed by atoms with E-state index in [4.69, 9.17) is 40.0 Å². The molecule has 250 valence electrons. The van der Waals surface area contributed by atoms with Gasteiger partial charge in [0, 0.05) is 29.3 Å². The first-order chi connectivity index (χ1) is 23.3. The van der Waals surface area contributed by atoms with Gasteiger partial charge in [-0.15, -0.1) is 0 Å². The summed E-state index contributed by atoms with van der Waals surface area (Å²) in [6, 6.07) is 18.0. The van der Waals surface area contributed by atoms with Crippen LogP contribution in [-0.4, -0.2) is 66.9 Å². The highest BCUT2D eigenvalue weighted by molar-refractivity contribution is 6.31. The molecular formula is C34H34ClN5O8. The molecule has 0 saturated carbocycles. The average molecular weight is 676 g/mol. The van der Waals surface area contributed by atoms with E-state index in [9.17, 15) is 9.59 Å². The second kappa shape index (κ2) is 16.6. The van der Waals surface area contributed by atoms with Crippen LogP contribution < -0.4 is 44.6 Å². The summed E-state index contributed by atoms with van der Waals surface area (Å²) in [5.41, 5.74) is 7.17. The Hall–Kier alpha value is -5.95. The van der Waals surface area contributed by atoms with Gasteiger partial charge in [0.25, 0.3) is 11.8 Å². The molecule has 0 fully saturated rings. The van der Waals surface area contributed by atoms with Crippen LogP contribution in [0.4, 0.5) is 11.4 Å². The lowest BCUT2D eigenvalue weighted by Gasteiger charge is -2.15. The molecule has 0 saturated heterocycles. The zero-order valence-electron chi connectivity index (χ0n) is 27.0. The second-order valence-electron chi connectivity index (χ2n) is 9.65. The Kier molecular flexibility index (Phi) is 12.0. The molecule has 0 aliphatic carbocycles. The fourth-order valence-electron chi connectivity index (χ4n) is 4.50. The van der Waals surface area contributed by atoms with E-state index in [1.807, 2.05) is 0 Å². The summed E-state index contributed by atoms with van der Waals surface area (Å²) in [6.07, 6.45) is 2.80. The summed E-state index contributed by atoms with van der Waals surface area (Å²) < 4.78 is 32.3. The van der Waals surface area contributed by atoms with Crippen LogP contribution in [-0.2, 0) is 0 Å². The number of hydrogen-bond donors (Lipinski definition) is 3. The maximum Gasteiger partial charge on any atom is 0.273 e. The van der Waals surface area contributed by atoms with E-state index in [0.717, 1.165) is 0 Å². The Morgan fingerprint density at radius 1 is 0.583 bits per heavy atom. The molecule has 4 aromatic rings. The molecule has 0 heterocycles. The first-order valence-electron chi connectivity index (χ1n) is 14.2. The number of nitrogens with one attached hydrogen (secondary N) is 3. The van der Waals surface area contributed by atoms with Gasteiger partial charge >= 0.3 is 0 Å². The van der Waals surface area contributed by atoms with Crippen molar-refractivity contribution in [3.63, 3.8) is 0 Å². The fraction of sp³-hybridized carbons (Fsp3) is 0.176. The Morgan fingerprint density at radius 2 is 1.02 bits per heavy atom. The van der Waals surface area contributed by atoms with Crippen LogP contribution in [0.25, 0.3) is 0 Å². The van der Waals surface area contributed by atoms with Gasteiger partial charge < -0.3 is 33.7 Å². The van der Waals surface area contributed by atoms with Gasteiger partial charge in [0.1, 0.15) is 34.5 Å². The minimum atomic E-state index is -0.550. The lowest BCUT2D eigenvalue weighted by atomic mass is 10.1. The minimum absolute atomic E-state index is 0.206. The van der Waals surface area contributed by atoms with Gasteiger partial charge in [-0.3, -0.25) is 9.59 Å². The van der Waals surface area contributed by atoms with Crippen molar-refractivity contribution in [1.82, 2.24) is 10.9 Å². The number of anilines is 2. The summed E-state index contributed by atoms with van der Waals surface area (Å²) in [5.74, 6) is 1.71. The number of methoxy groups -OCH3 is 6. The predicted molar refractivity (Wildman–Crippen MR) is 183 cm³/mol. The quantitative estimate of drug-likeness (QED) is 0.114. The lowest BCUT2D eigenvalue weighted by molar-refractivity contribution is 0.0948. The molecule has 4 aromatic carbocycles. The number of hydrazone groups is 2. The van der Waals surface area contributed by atoms with E-state index in [-0.39, 0.29) is 11.1 Å². The van der Waals surface area contributed by atoms with Crippen molar-refractivity contribution in [2.45, 2.75) is 0 Å². The van der Waals surface area contributed by atoms with Crippen LogP contribution in [0, 0.1) is 0 Å². The molecular weight excluding hydrogens is 642 g/mol. The maximum absolute atomic E-state index is 13.3. The summed E-state index contributed by atoms with van der Waals surface area (Å²) in [4.78, 5) is 26.6. The van der Waals surface area contributed by atoms with Gasteiger partial charge in [-0.05, 0) is 30.3 Å². The van der Waals surface area contributed by atoms with Crippen LogP contribution in [0.3, 0.4) is 0 Å². The minimum Gasteiger partial charge on any atom is -0.496 e. The van der Waals surface area contributed by atoms with Crippen molar-refractivity contribution in [2.24, 2.45) is 10.2 Å². The highest BCUT2D eigenvalue weighted by atomic mass is 35.5. The average Bonchev–Trinajstić information content (AvgIpc) is 3.11. The Balaban J connectivity index is 1.55. The fourth-order valence-corrected chi connectivity index (χ4v) is 4.68. The SMILES string of the molecule is COc1cc(OC)c(/C=N/NC(=O)c2ccccc2Nc2cc(Cl)ccc2C(=O)N/N=C/c2c(OC)cc(OC)cc2OC)c(OC)c1. The van der Waals surface area contributed by atoms with Crippen LogP contribution >= 0.6 is 11.6 Å². The van der Waals surface area contributed by atoms with Gasteiger partial charge in [-0.1, -0.05) is 23.7 Å². The molecule has 2 amide bonds. The zero-order chi connectivity index (χ0) is 34.6. The van der Waals surface area contributed by atoms with Crippen molar-refractivity contribution in [3.8, 4) is 34.5 Å². The van der Waals surface area contributed by atoms with Crippen molar-refractivity contribution < 1.29 is 38.0 Å². The van der Waals surface area contributed by atoms with Crippen molar-refractivity contribution in [1.29, 1.82) is 0 Å². The molecule has 0 atom stereocenters. The first kappa shape index (κ1) is 34.9. The molecule has 0 unspecified atom stereocenters. The molecule has 0 aliphatic heterocycles. The predicted octanol–water partition coefficient (Wildman–Crippen LogP) is 5.66. The smallest absolute Gasteiger partial charge is 0.273 e. The van der Waals surface area contributed by atoms with Gasteiger partial charge in [-0.25, -0.2) is 10.9 Å². The number of hydrogen-bond acceptors (Lipinski definition) is 11. The third-order valence-electron chi connectivity index (χ3n) is 6.89. The Labute approximate surface area is 282 Å². The molecule has 4 rings (SSSR count). The largest absolute Gasteiger partial charge is 0.496 e. The van der Waals surface area contributed by atoms with Crippen LogP contribution in [0.2, 0.25) is 5.02 Å². The second-order valence-corrected chi connectivity index (χ2v) is 10.1. The van der Waals surface area contributed by atoms with Gasteiger partial charge in [0.15, 0.2) is 0 Å². The van der Waals surface area contributed by atoms with E-state index >= 15 is 0 Å².